The highest BCUT2D eigenvalue weighted by Crippen LogP contribution is 1.97. The smallest absolute Gasteiger partial charge is 0.239 e. The summed E-state index contributed by atoms with van der Waals surface area (Å²) >= 11 is 1.76. The first kappa shape index (κ1) is 17.4. The van der Waals surface area contributed by atoms with Gasteiger partial charge in [0.05, 0.1) is 6.54 Å². The van der Waals surface area contributed by atoms with Gasteiger partial charge in [-0.15, -0.1) is 0 Å². The molecule has 21 heavy (non-hydrogen) atoms. The molecule has 0 fully saturated rings. The lowest BCUT2D eigenvalue weighted by atomic mass is 10.1. The molecule has 0 saturated carbocycles. The number of rotatable bonds is 8. The molecule has 116 valence electrons. The van der Waals surface area contributed by atoms with Crippen LogP contribution in [0, 0.1) is 0 Å². The van der Waals surface area contributed by atoms with E-state index in [-0.39, 0.29) is 12.5 Å². The van der Waals surface area contributed by atoms with E-state index in [9.17, 15) is 4.79 Å². The van der Waals surface area contributed by atoms with Crippen LogP contribution in [-0.4, -0.2) is 50.6 Å². The van der Waals surface area contributed by atoms with Crippen molar-refractivity contribution >= 4 is 23.6 Å². The Labute approximate surface area is 131 Å². The van der Waals surface area contributed by atoms with Gasteiger partial charge < -0.3 is 16.0 Å². The maximum absolute atomic E-state index is 11.7. The van der Waals surface area contributed by atoms with Crippen molar-refractivity contribution in [3.05, 3.63) is 35.9 Å². The average Bonchev–Trinajstić information content (AvgIpc) is 2.52. The number of nitrogens with one attached hydrogen (secondary N) is 3. The van der Waals surface area contributed by atoms with Crippen LogP contribution in [0.5, 0.6) is 0 Å². The molecule has 1 rings (SSSR count). The summed E-state index contributed by atoms with van der Waals surface area (Å²) in [5.74, 6) is 1.63. The molecule has 1 aromatic rings. The van der Waals surface area contributed by atoms with Gasteiger partial charge in [-0.05, 0) is 18.2 Å². The minimum atomic E-state index is -0.0289. The van der Waals surface area contributed by atoms with Gasteiger partial charge in [0.1, 0.15) is 0 Å². The Morgan fingerprint density at radius 3 is 2.57 bits per heavy atom. The van der Waals surface area contributed by atoms with Gasteiger partial charge in [0.2, 0.25) is 5.91 Å². The van der Waals surface area contributed by atoms with Crippen LogP contribution in [0.2, 0.25) is 0 Å². The molecule has 0 aliphatic rings. The fraction of sp³-hybridized carbons (Fsp3) is 0.467. The number of nitrogens with zero attached hydrogens (tertiary/aromatic N) is 1. The van der Waals surface area contributed by atoms with Crippen LogP contribution in [-0.2, 0) is 11.2 Å². The maximum Gasteiger partial charge on any atom is 0.239 e. The quantitative estimate of drug-likeness (QED) is 0.379. The molecule has 0 spiro atoms. The normalized spacial score (nSPS) is 11.0. The van der Waals surface area contributed by atoms with E-state index < -0.39 is 0 Å². The molecule has 0 saturated heterocycles. The Morgan fingerprint density at radius 2 is 1.90 bits per heavy atom. The first-order valence-electron chi connectivity index (χ1n) is 7.00. The van der Waals surface area contributed by atoms with Crippen molar-refractivity contribution in [1.29, 1.82) is 0 Å². The van der Waals surface area contributed by atoms with Crippen molar-refractivity contribution in [3.63, 3.8) is 0 Å². The molecule has 0 heterocycles. The van der Waals surface area contributed by atoms with E-state index in [1.807, 2.05) is 18.2 Å². The molecule has 6 heteroatoms. The number of thioether (sulfide) groups is 1. The topological polar surface area (TPSA) is 65.5 Å². The molecule has 1 aromatic carbocycles. The van der Waals surface area contributed by atoms with E-state index in [4.69, 9.17) is 0 Å². The fourth-order valence-electron chi connectivity index (χ4n) is 1.71. The van der Waals surface area contributed by atoms with Crippen LogP contribution in [0.15, 0.2) is 35.3 Å². The highest BCUT2D eigenvalue weighted by molar-refractivity contribution is 7.98. The van der Waals surface area contributed by atoms with Gasteiger partial charge >= 0.3 is 0 Å². The lowest BCUT2D eigenvalue weighted by molar-refractivity contribution is -0.119. The second-order valence-electron chi connectivity index (χ2n) is 4.43. The van der Waals surface area contributed by atoms with Gasteiger partial charge in [-0.25, -0.2) is 0 Å². The minimum Gasteiger partial charge on any atom is -0.356 e. The zero-order valence-electron chi connectivity index (χ0n) is 12.7. The van der Waals surface area contributed by atoms with Crippen molar-refractivity contribution in [2.75, 3.05) is 38.7 Å². The zero-order chi connectivity index (χ0) is 15.3. The summed E-state index contributed by atoms with van der Waals surface area (Å²) in [5, 5.41) is 9.03. The molecule has 0 aliphatic heterocycles. The van der Waals surface area contributed by atoms with Crippen molar-refractivity contribution in [2.24, 2.45) is 4.99 Å². The first-order valence-corrected chi connectivity index (χ1v) is 8.39. The molecule has 0 bridgehead atoms. The molecule has 3 N–H and O–H groups in total. The maximum atomic E-state index is 11.7. The summed E-state index contributed by atoms with van der Waals surface area (Å²) in [6.07, 6.45) is 2.89. The SMILES string of the molecule is CN=C(NCCSC)NCC(=O)NCCc1ccccc1. The standard InChI is InChI=1S/C15H24N4OS/c1-16-15(18-10-11-21-2)19-12-14(20)17-9-8-13-6-4-3-5-7-13/h3-7H,8-12H2,1-2H3,(H,17,20)(H2,16,18,19). The predicted octanol–water partition coefficient (Wildman–Crippen LogP) is 0.873. The largest absolute Gasteiger partial charge is 0.356 e. The van der Waals surface area contributed by atoms with E-state index in [1.165, 1.54) is 5.56 Å². The Bertz CT molecular complexity index is 437. The van der Waals surface area contributed by atoms with Crippen molar-refractivity contribution < 1.29 is 4.79 Å². The van der Waals surface area contributed by atoms with Crippen LogP contribution in [0.3, 0.4) is 0 Å². The molecule has 0 aromatic heterocycles. The van der Waals surface area contributed by atoms with Crippen LogP contribution < -0.4 is 16.0 Å². The molecular weight excluding hydrogens is 284 g/mol. The zero-order valence-corrected chi connectivity index (χ0v) is 13.5. The number of carbonyl (C=O) groups is 1. The molecular formula is C15H24N4OS. The number of carbonyl (C=O) groups excluding carboxylic acids is 1. The lowest BCUT2D eigenvalue weighted by Crippen LogP contribution is -2.44. The van der Waals surface area contributed by atoms with E-state index in [1.54, 1.807) is 18.8 Å². The summed E-state index contributed by atoms with van der Waals surface area (Å²) in [6, 6.07) is 10.1. The summed E-state index contributed by atoms with van der Waals surface area (Å²) < 4.78 is 0. The first-order chi connectivity index (χ1) is 10.3. The Kier molecular flexibility index (Phi) is 9.11. The summed E-state index contributed by atoms with van der Waals surface area (Å²) in [6.45, 7) is 1.70. The van der Waals surface area contributed by atoms with Gasteiger partial charge in [-0.2, -0.15) is 11.8 Å². The number of guanidine groups is 1. The highest BCUT2D eigenvalue weighted by atomic mass is 32.2. The number of hydrogen-bond acceptors (Lipinski definition) is 3. The van der Waals surface area contributed by atoms with E-state index >= 15 is 0 Å². The van der Waals surface area contributed by atoms with E-state index in [0.717, 1.165) is 18.7 Å². The Morgan fingerprint density at radius 1 is 1.14 bits per heavy atom. The van der Waals surface area contributed by atoms with Crippen LogP contribution >= 0.6 is 11.8 Å². The van der Waals surface area contributed by atoms with Crippen molar-refractivity contribution in [3.8, 4) is 0 Å². The molecule has 5 nitrogen and oxygen atoms in total. The van der Waals surface area contributed by atoms with Gasteiger partial charge in [0.25, 0.3) is 0 Å². The third kappa shape index (κ3) is 8.24. The minimum absolute atomic E-state index is 0.0289. The molecule has 0 radical (unpaired) electrons. The van der Waals surface area contributed by atoms with Crippen molar-refractivity contribution in [2.45, 2.75) is 6.42 Å². The highest BCUT2D eigenvalue weighted by Gasteiger charge is 2.02. The van der Waals surface area contributed by atoms with Gasteiger partial charge in [0.15, 0.2) is 5.96 Å². The average molecular weight is 308 g/mol. The lowest BCUT2D eigenvalue weighted by Gasteiger charge is -2.11. The van der Waals surface area contributed by atoms with Gasteiger partial charge in [0, 0.05) is 25.9 Å². The molecule has 0 atom stereocenters. The van der Waals surface area contributed by atoms with Crippen LogP contribution in [0.1, 0.15) is 5.56 Å². The van der Waals surface area contributed by atoms with Crippen molar-refractivity contribution in [1.82, 2.24) is 16.0 Å². The van der Waals surface area contributed by atoms with Gasteiger partial charge in [-0.1, -0.05) is 30.3 Å². The Balaban J connectivity index is 2.15. The third-order valence-electron chi connectivity index (χ3n) is 2.82. The fourth-order valence-corrected chi connectivity index (χ4v) is 2.02. The number of benzene rings is 1. The number of aliphatic imine (C=N–C) groups is 1. The number of amides is 1. The van der Waals surface area contributed by atoms with Crippen LogP contribution in [0.4, 0.5) is 0 Å². The van der Waals surface area contributed by atoms with Crippen LogP contribution in [0.25, 0.3) is 0 Å². The van der Waals surface area contributed by atoms with Gasteiger partial charge in [-0.3, -0.25) is 9.79 Å². The molecule has 0 unspecified atom stereocenters. The monoisotopic (exact) mass is 308 g/mol. The molecule has 0 aliphatic carbocycles. The Hall–Kier alpha value is -1.69. The summed E-state index contributed by atoms with van der Waals surface area (Å²) in [7, 11) is 1.70. The molecule has 1 amide bonds. The number of hydrogen-bond donors (Lipinski definition) is 3. The predicted molar refractivity (Wildman–Crippen MR) is 90.9 cm³/mol. The second-order valence-corrected chi connectivity index (χ2v) is 5.42. The third-order valence-corrected chi connectivity index (χ3v) is 3.43. The van der Waals surface area contributed by atoms with E-state index in [0.29, 0.717) is 12.5 Å². The second kappa shape index (κ2) is 11.0. The summed E-state index contributed by atoms with van der Waals surface area (Å²) in [5.41, 5.74) is 1.22. The van der Waals surface area contributed by atoms with E-state index in [2.05, 4.69) is 39.3 Å². The summed E-state index contributed by atoms with van der Waals surface area (Å²) in [4.78, 5) is 15.8.